The number of amides is 1. The maximum atomic E-state index is 12.5. The minimum Gasteiger partial charge on any atom is -0.444 e. The predicted molar refractivity (Wildman–Crippen MR) is 96.4 cm³/mol. The third kappa shape index (κ3) is 5.62. The number of sulfonamides is 1. The second-order valence-corrected chi connectivity index (χ2v) is 8.76. The summed E-state index contributed by atoms with van der Waals surface area (Å²) >= 11 is 0. The van der Waals surface area contributed by atoms with E-state index in [4.69, 9.17) is 10.3 Å². The quantitative estimate of drug-likeness (QED) is 0.488. The van der Waals surface area contributed by atoms with Crippen LogP contribution in [0.2, 0.25) is 0 Å². The van der Waals surface area contributed by atoms with Gasteiger partial charge in [0.2, 0.25) is 10.0 Å². The lowest BCUT2D eigenvalue weighted by atomic mass is 10.1. The number of nitrogens with one attached hydrogen (secondary N) is 1. The number of benzene rings is 1. The van der Waals surface area contributed by atoms with Crippen molar-refractivity contribution in [3.8, 4) is 0 Å². The fourth-order valence-corrected chi connectivity index (χ4v) is 3.84. The number of ether oxygens (including phenoxy) is 1. The summed E-state index contributed by atoms with van der Waals surface area (Å²) in [6.45, 7) is 6.27. The van der Waals surface area contributed by atoms with Gasteiger partial charge in [-0.15, -0.1) is 0 Å². The Bertz CT molecular complexity index is 787. The number of hydrogen-bond acceptors (Lipinski definition) is 5. The molecule has 0 aromatic heterocycles. The maximum absolute atomic E-state index is 12.5. The Morgan fingerprint density at radius 2 is 1.85 bits per heavy atom. The summed E-state index contributed by atoms with van der Waals surface area (Å²) < 4.78 is 32.9. The summed E-state index contributed by atoms with van der Waals surface area (Å²) in [6, 6.07) is 5.42. The average Bonchev–Trinajstić information content (AvgIpc) is 2.54. The van der Waals surface area contributed by atoms with Crippen molar-refractivity contribution in [2.75, 3.05) is 13.1 Å². The number of carbonyl (C=O) groups is 1. The summed E-state index contributed by atoms with van der Waals surface area (Å²) in [5, 5.41) is 3.41. The molecule has 1 amide bonds. The lowest BCUT2D eigenvalue weighted by molar-refractivity contribution is 0.0203. The lowest BCUT2D eigenvalue weighted by Crippen LogP contribution is -2.47. The molecular formula is C16H23N5O4S. The number of rotatable bonds is 4. The Balaban J connectivity index is 1.93. The SMILES string of the molecule is CC(C)(C)OC(=O)N1CCC(NS(=O)(=O)c2ccc(N=[N+]=[N-])cc2)CC1. The molecule has 1 aliphatic rings. The van der Waals surface area contributed by atoms with Crippen LogP contribution in [0.25, 0.3) is 10.4 Å². The fourth-order valence-electron chi connectivity index (χ4n) is 2.54. The Labute approximate surface area is 153 Å². The molecule has 142 valence electrons. The summed E-state index contributed by atoms with van der Waals surface area (Å²) in [6.07, 6.45) is 0.636. The van der Waals surface area contributed by atoms with Crippen LogP contribution in [0.5, 0.6) is 0 Å². The van der Waals surface area contributed by atoms with Crippen LogP contribution in [0.4, 0.5) is 10.5 Å². The lowest BCUT2D eigenvalue weighted by Gasteiger charge is -2.33. The molecule has 0 radical (unpaired) electrons. The molecule has 1 fully saturated rings. The van der Waals surface area contributed by atoms with E-state index in [1.807, 2.05) is 0 Å². The van der Waals surface area contributed by atoms with Gasteiger partial charge >= 0.3 is 6.09 Å². The minimum atomic E-state index is -3.68. The van der Waals surface area contributed by atoms with Crippen LogP contribution in [0.3, 0.4) is 0 Å². The van der Waals surface area contributed by atoms with Crippen LogP contribution in [0, 0.1) is 0 Å². The van der Waals surface area contributed by atoms with Gasteiger partial charge in [-0.2, -0.15) is 0 Å². The highest BCUT2D eigenvalue weighted by atomic mass is 32.2. The number of carbonyl (C=O) groups excluding carboxylic acids is 1. The van der Waals surface area contributed by atoms with Crippen LogP contribution in [-0.4, -0.2) is 44.1 Å². The first-order valence-corrected chi connectivity index (χ1v) is 9.74. The van der Waals surface area contributed by atoms with E-state index in [0.29, 0.717) is 31.6 Å². The number of hydrogen-bond donors (Lipinski definition) is 1. The zero-order chi connectivity index (χ0) is 19.4. The van der Waals surface area contributed by atoms with Crippen molar-refractivity contribution in [2.45, 2.75) is 50.2 Å². The van der Waals surface area contributed by atoms with Gasteiger partial charge < -0.3 is 9.64 Å². The topological polar surface area (TPSA) is 124 Å². The highest BCUT2D eigenvalue weighted by Gasteiger charge is 2.29. The van der Waals surface area contributed by atoms with Gasteiger partial charge in [0.1, 0.15) is 5.60 Å². The van der Waals surface area contributed by atoms with E-state index in [1.54, 1.807) is 25.7 Å². The van der Waals surface area contributed by atoms with Crippen LogP contribution >= 0.6 is 0 Å². The Morgan fingerprint density at radius 1 is 1.27 bits per heavy atom. The van der Waals surface area contributed by atoms with Crippen LogP contribution in [-0.2, 0) is 14.8 Å². The minimum absolute atomic E-state index is 0.101. The molecule has 1 saturated heterocycles. The smallest absolute Gasteiger partial charge is 0.410 e. The van der Waals surface area contributed by atoms with Crippen molar-refractivity contribution in [3.05, 3.63) is 34.7 Å². The first-order valence-electron chi connectivity index (χ1n) is 8.26. The number of likely N-dealkylation sites (tertiary alicyclic amines) is 1. The largest absolute Gasteiger partial charge is 0.444 e. The molecule has 0 saturated carbocycles. The highest BCUT2D eigenvalue weighted by Crippen LogP contribution is 2.20. The summed E-state index contributed by atoms with van der Waals surface area (Å²) in [5.74, 6) is 0. The van der Waals surface area contributed by atoms with Gasteiger partial charge in [-0.25, -0.2) is 17.9 Å². The molecule has 26 heavy (non-hydrogen) atoms. The van der Waals surface area contributed by atoms with Gasteiger partial charge in [-0.05, 0) is 51.3 Å². The zero-order valence-corrected chi connectivity index (χ0v) is 15.9. The van der Waals surface area contributed by atoms with E-state index < -0.39 is 15.6 Å². The second-order valence-electron chi connectivity index (χ2n) is 7.05. The third-order valence-electron chi connectivity index (χ3n) is 3.78. The Hall–Kier alpha value is -2.29. The van der Waals surface area contributed by atoms with E-state index in [1.165, 1.54) is 24.3 Å². The van der Waals surface area contributed by atoms with Gasteiger partial charge in [0.15, 0.2) is 0 Å². The first kappa shape index (κ1) is 20.0. The number of piperidine rings is 1. The standard InChI is InChI=1S/C16H23N5O4S/c1-16(2,3)25-15(22)21-10-8-13(9-11-21)19-26(23,24)14-6-4-12(5-7-14)18-20-17/h4-7,13,19H,8-11H2,1-3H3. The monoisotopic (exact) mass is 381 g/mol. The van der Waals surface area contributed by atoms with Crippen molar-refractivity contribution in [2.24, 2.45) is 5.11 Å². The maximum Gasteiger partial charge on any atom is 0.410 e. The molecule has 10 heteroatoms. The third-order valence-corrected chi connectivity index (χ3v) is 5.31. The molecule has 1 aromatic rings. The fraction of sp³-hybridized carbons (Fsp3) is 0.562. The van der Waals surface area contributed by atoms with Crippen molar-refractivity contribution in [3.63, 3.8) is 0 Å². The van der Waals surface area contributed by atoms with Gasteiger partial charge in [0, 0.05) is 29.7 Å². The molecule has 0 unspecified atom stereocenters. The number of nitrogens with zero attached hydrogens (tertiary/aromatic N) is 4. The van der Waals surface area contributed by atoms with Crippen molar-refractivity contribution >= 4 is 21.8 Å². The van der Waals surface area contributed by atoms with Crippen LogP contribution in [0.15, 0.2) is 34.3 Å². The summed E-state index contributed by atoms with van der Waals surface area (Å²) in [4.78, 5) is 16.4. The van der Waals surface area contributed by atoms with Gasteiger partial charge in [-0.1, -0.05) is 17.2 Å². The molecule has 0 atom stereocenters. The number of azide groups is 1. The summed E-state index contributed by atoms with van der Waals surface area (Å²) in [7, 11) is -3.68. The molecule has 1 heterocycles. The second kappa shape index (κ2) is 7.94. The van der Waals surface area contributed by atoms with E-state index in [9.17, 15) is 13.2 Å². The van der Waals surface area contributed by atoms with Crippen molar-refractivity contribution in [1.82, 2.24) is 9.62 Å². The molecule has 1 aliphatic heterocycles. The summed E-state index contributed by atoms with van der Waals surface area (Å²) in [5.41, 5.74) is 8.17. The predicted octanol–water partition coefficient (Wildman–Crippen LogP) is 3.31. The van der Waals surface area contributed by atoms with Gasteiger partial charge in [-0.3, -0.25) is 0 Å². The van der Waals surface area contributed by atoms with Crippen molar-refractivity contribution < 1.29 is 17.9 Å². The van der Waals surface area contributed by atoms with E-state index in [2.05, 4.69) is 14.7 Å². The molecule has 0 spiro atoms. The van der Waals surface area contributed by atoms with Crippen LogP contribution < -0.4 is 4.72 Å². The highest BCUT2D eigenvalue weighted by molar-refractivity contribution is 7.89. The molecule has 9 nitrogen and oxygen atoms in total. The van der Waals surface area contributed by atoms with Gasteiger partial charge in [0.05, 0.1) is 4.90 Å². The van der Waals surface area contributed by atoms with Crippen LogP contribution in [0.1, 0.15) is 33.6 Å². The Kier molecular flexibility index (Phi) is 6.12. The van der Waals surface area contributed by atoms with E-state index >= 15 is 0 Å². The van der Waals surface area contributed by atoms with Gasteiger partial charge in [0.25, 0.3) is 0 Å². The normalized spacial score (nSPS) is 16.0. The molecule has 0 bridgehead atoms. The van der Waals surface area contributed by atoms with E-state index in [-0.39, 0.29) is 17.0 Å². The average molecular weight is 381 g/mol. The molecule has 0 aliphatic carbocycles. The Morgan fingerprint density at radius 3 is 2.35 bits per heavy atom. The molecule has 1 N–H and O–H groups in total. The first-order chi connectivity index (χ1) is 12.1. The molecular weight excluding hydrogens is 358 g/mol. The zero-order valence-electron chi connectivity index (χ0n) is 15.0. The molecule has 2 rings (SSSR count). The van der Waals surface area contributed by atoms with E-state index in [0.717, 1.165) is 0 Å². The molecule has 1 aromatic carbocycles. The van der Waals surface area contributed by atoms with Crippen molar-refractivity contribution in [1.29, 1.82) is 0 Å².